The summed E-state index contributed by atoms with van der Waals surface area (Å²) in [5.74, 6) is -1.90. The van der Waals surface area contributed by atoms with Crippen molar-refractivity contribution in [2.24, 2.45) is 0 Å². The summed E-state index contributed by atoms with van der Waals surface area (Å²) < 4.78 is 0. The van der Waals surface area contributed by atoms with E-state index in [1.807, 2.05) is 24.3 Å². The molecule has 0 saturated heterocycles. The van der Waals surface area contributed by atoms with Crippen LogP contribution >= 0.6 is 0 Å². The third-order valence-electron chi connectivity index (χ3n) is 4.53. The Balaban J connectivity index is 1.82. The molecule has 2 amide bonds. The molecule has 2 aromatic carbocycles. The van der Waals surface area contributed by atoms with Crippen molar-refractivity contribution in [3.05, 3.63) is 70.8 Å². The van der Waals surface area contributed by atoms with Gasteiger partial charge in [-0.2, -0.15) is 0 Å². The molecule has 0 aliphatic carbocycles. The topological polar surface area (TPSA) is 63.7 Å². The van der Waals surface area contributed by atoms with E-state index in [4.69, 9.17) is 4.84 Å². The Labute approximate surface area is 146 Å². The predicted octanol–water partition coefficient (Wildman–Crippen LogP) is 3.28. The van der Waals surface area contributed by atoms with Crippen molar-refractivity contribution in [3.8, 4) is 0 Å². The number of aryl methyl sites for hydroxylation is 1. The predicted molar refractivity (Wildman–Crippen MR) is 91.9 cm³/mol. The molecule has 5 heteroatoms. The molecular weight excluding hydrogens is 318 g/mol. The SMILES string of the molecule is CCc1ccc(C(C)(C)C(=O)ON2C(=O)c3ccccc3C2=O)cc1. The first-order chi connectivity index (χ1) is 11.9. The highest BCUT2D eigenvalue weighted by molar-refractivity contribution is 6.21. The van der Waals surface area contributed by atoms with Crippen LogP contribution in [0.1, 0.15) is 52.6 Å². The van der Waals surface area contributed by atoms with Gasteiger partial charge in [0.15, 0.2) is 0 Å². The summed E-state index contributed by atoms with van der Waals surface area (Å²) in [6.07, 6.45) is 0.903. The molecule has 0 aromatic heterocycles. The minimum absolute atomic E-state index is 0.241. The van der Waals surface area contributed by atoms with Crippen LogP contribution in [0.2, 0.25) is 0 Å². The van der Waals surface area contributed by atoms with Crippen LogP contribution in [0.25, 0.3) is 0 Å². The number of hydrogen-bond donors (Lipinski definition) is 0. The van der Waals surface area contributed by atoms with Crippen molar-refractivity contribution in [1.29, 1.82) is 0 Å². The van der Waals surface area contributed by atoms with Gasteiger partial charge in [0.2, 0.25) is 0 Å². The van der Waals surface area contributed by atoms with Crippen molar-refractivity contribution < 1.29 is 19.2 Å². The second-order valence-corrected chi connectivity index (χ2v) is 6.50. The average molecular weight is 337 g/mol. The average Bonchev–Trinajstić information content (AvgIpc) is 2.87. The van der Waals surface area contributed by atoms with Crippen molar-refractivity contribution in [2.45, 2.75) is 32.6 Å². The lowest BCUT2D eigenvalue weighted by Crippen LogP contribution is -2.40. The maximum absolute atomic E-state index is 12.6. The first kappa shape index (κ1) is 16.9. The van der Waals surface area contributed by atoms with Gasteiger partial charge in [-0.05, 0) is 43.5 Å². The van der Waals surface area contributed by atoms with E-state index in [1.165, 1.54) is 12.1 Å². The van der Waals surface area contributed by atoms with Crippen LogP contribution in [0.5, 0.6) is 0 Å². The number of hydroxylamine groups is 2. The van der Waals surface area contributed by atoms with Gasteiger partial charge in [0.1, 0.15) is 0 Å². The van der Waals surface area contributed by atoms with E-state index < -0.39 is 23.2 Å². The third kappa shape index (κ3) is 2.82. The van der Waals surface area contributed by atoms with Gasteiger partial charge in [-0.1, -0.05) is 48.4 Å². The molecule has 2 aromatic rings. The molecule has 0 saturated carbocycles. The molecular formula is C20H19NO4. The zero-order valence-electron chi connectivity index (χ0n) is 14.4. The minimum Gasteiger partial charge on any atom is -0.329 e. The monoisotopic (exact) mass is 337 g/mol. The number of fused-ring (bicyclic) bond motifs is 1. The van der Waals surface area contributed by atoms with Crippen LogP contribution in [-0.4, -0.2) is 22.8 Å². The molecule has 0 N–H and O–H groups in total. The molecule has 1 heterocycles. The molecule has 128 valence electrons. The Morgan fingerprint density at radius 3 is 1.96 bits per heavy atom. The summed E-state index contributed by atoms with van der Waals surface area (Å²) >= 11 is 0. The molecule has 0 fully saturated rings. The first-order valence-corrected chi connectivity index (χ1v) is 8.16. The lowest BCUT2D eigenvalue weighted by atomic mass is 9.84. The molecule has 0 bridgehead atoms. The van der Waals surface area contributed by atoms with Crippen LogP contribution in [0, 0.1) is 0 Å². The largest absolute Gasteiger partial charge is 0.343 e. The van der Waals surface area contributed by atoms with Gasteiger partial charge in [0.25, 0.3) is 11.8 Å². The van der Waals surface area contributed by atoms with E-state index in [0.717, 1.165) is 17.5 Å². The van der Waals surface area contributed by atoms with Gasteiger partial charge in [-0.25, -0.2) is 4.79 Å². The van der Waals surface area contributed by atoms with E-state index in [1.54, 1.807) is 26.0 Å². The number of amides is 2. The number of nitrogens with zero attached hydrogens (tertiary/aromatic N) is 1. The van der Waals surface area contributed by atoms with Crippen LogP contribution in [0.3, 0.4) is 0 Å². The highest BCUT2D eigenvalue weighted by atomic mass is 16.7. The molecule has 0 radical (unpaired) electrons. The fraction of sp³-hybridized carbons (Fsp3) is 0.250. The van der Waals surface area contributed by atoms with Crippen molar-refractivity contribution in [1.82, 2.24) is 5.06 Å². The molecule has 0 unspecified atom stereocenters. The Kier molecular flexibility index (Phi) is 4.17. The zero-order chi connectivity index (χ0) is 18.2. The van der Waals surface area contributed by atoms with Crippen LogP contribution in [-0.2, 0) is 21.5 Å². The van der Waals surface area contributed by atoms with Gasteiger partial charge in [0.05, 0.1) is 16.5 Å². The van der Waals surface area contributed by atoms with E-state index in [-0.39, 0.29) is 11.1 Å². The van der Waals surface area contributed by atoms with E-state index >= 15 is 0 Å². The maximum atomic E-state index is 12.6. The molecule has 25 heavy (non-hydrogen) atoms. The summed E-state index contributed by atoms with van der Waals surface area (Å²) in [5.41, 5.74) is 1.40. The summed E-state index contributed by atoms with van der Waals surface area (Å²) in [7, 11) is 0. The Morgan fingerprint density at radius 1 is 0.960 bits per heavy atom. The standard InChI is InChI=1S/C20H19NO4/c1-4-13-9-11-14(12-10-13)20(2,3)19(24)25-21-17(22)15-7-5-6-8-16(15)18(21)23/h5-12H,4H2,1-3H3. The number of imide groups is 1. The van der Waals surface area contributed by atoms with Crippen LogP contribution in [0.4, 0.5) is 0 Å². The summed E-state index contributed by atoms with van der Waals surface area (Å²) in [6, 6.07) is 14.0. The van der Waals surface area contributed by atoms with Crippen molar-refractivity contribution >= 4 is 17.8 Å². The molecule has 1 aliphatic heterocycles. The van der Waals surface area contributed by atoms with Crippen LogP contribution in [0.15, 0.2) is 48.5 Å². The quantitative estimate of drug-likeness (QED) is 0.803. The second-order valence-electron chi connectivity index (χ2n) is 6.50. The summed E-state index contributed by atoms with van der Waals surface area (Å²) in [5, 5.41) is 0.551. The Bertz CT molecular complexity index is 817. The van der Waals surface area contributed by atoms with E-state index in [9.17, 15) is 14.4 Å². The van der Waals surface area contributed by atoms with Gasteiger partial charge in [0, 0.05) is 0 Å². The summed E-state index contributed by atoms with van der Waals surface area (Å²) in [6.45, 7) is 5.46. The smallest absolute Gasteiger partial charge is 0.329 e. The Morgan fingerprint density at radius 2 is 1.48 bits per heavy atom. The lowest BCUT2D eigenvalue weighted by Gasteiger charge is -2.25. The maximum Gasteiger partial charge on any atom is 0.343 e. The molecule has 0 atom stereocenters. The van der Waals surface area contributed by atoms with Gasteiger partial charge < -0.3 is 4.84 Å². The van der Waals surface area contributed by atoms with Crippen molar-refractivity contribution in [3.63, 3.8) is 0 Å². The van der Waals surface area contributed by atoms with Gasteiger partial charge in [-0.15, -0.1) is 0 Å². The van der Waals surface area contributed by atoms with Gasteiger partial charge in [-0.3, -0.25) is 9.59 Å². The number of rotatable bonds is 4. The normalized spacial score (nSPS) is 13.8. The number of benzene rings is 2. The van der Waals surface area contributed by atoms with Crippen LogP contribution < -0.4 is 0 Å². The fourth-order valence-corrected chi connectivity index (χ4v) is 2.72. The van der Waals surface area contributed by atoms with Crippen molar-refractivity contribution in [2.75, 3.05) is 0 Å². The second kappa shape index (κ2) is 6.16. The number of carbonyl (C=O) groups is 3. The van der Waals surface area contributed by atoms with Gasteiger partial charge >= 0.3 is 5.97 Å². The molecule has 1 aliphatic rings. The minimum atomic E-state index is -0.998. The third-order valence-corrected chi connectivity index (χ3v) is 4.53. The molecule has 3 rings (SSSR count). The Hall–Kier alpha value is -2.95. The summed E-state index contributed by atoms with van der Waals surface area (Å²) in [4.78, 5) is 42.5. The zero-order valence-corrected chi connectivity index (χ0v) is 14.4. The number of carbonyl (C=O) groups excluding carboxylic acids is 3. The first-order valence-electron chi connectivity index (χ1n) is 8.16. The lowest BCUT2D eigenvalue weighted by molar-refractivity contribution is -0.174. The number of hydrogen-bond acceptors (Lipinski definition) is 4. The highest BCUT2D eigenvalue weighted by Gasteiger charge is 2.42. The van der Waals surface area contributed by atoms with E-state index in [2.05, 4.69) is 6.92 Å². The highest BCUT2D eigenvalue weighted by Crippen LogP contribution is 2.28. The van der Waals surface area contributed by atoms with E-state index in [0.29, 0.717) is 5.06 Å². The molecule has 0 spiro atoms. The molecule has 5 nitrogen and oxygen atoms in total. The fourth-order valence-electron chi connectivity index (χ4n) is 2.72.